The molecule has 0 heterocycles. The van der Waals surface area contributed by atoms with Crippen molar-refractivity contribution in [3.63, 3.8) is 0 Å². The van der Waals surface area contributed by atoms with E-state index in [0.29, 0.717) is 0 Å². The lowest BCUT2D eigenvalue weighted by Crippen LogP contribution is -2.15. The molecule has 1 aromatic rings. The van der Waals surface area contributed by atoms with Crippen molar-refractivity contribution < 1.29 is 9.47 Å². The highest BCUT2D eigenvalue weighted by molar-refractivity contribution is 6.34. The molecule has 0 aliphatic rings. The van der Waals surface area contributed by atoms with Crippen LogP contribution < -0.4 is 14.7 Å². The fourth-order valence-electron chi connectivity index (χ4n) is 2.02. The van der Waals surface area contributed by atoms with E-state index in [-0.39, 0.29) is 0 Å². The van der Waals surface area contributed by atoms with Crippen molar-refractivity contribution in [1.29, 1.82) is 0 Å². The van der Waals surface area contributed by atoms with E-state index in [4.69, 9.17) is 9.47 Å². The van der Waals surface area contributed by atoms with Crippen molar-refractivity contribution >= 4 is 15.4 Å². The van der Waals surface area contributed by atoms with Gasteiger partial charge in [0, 0.05) is 10.2 Å². The van der Waals surface area contributed by atoms with Crippen LogP contribution in [0, 0.1) is 13.8 Å². The minimum Gasteiger partial charge on any atom is -0.490 e. The van der Waals surface area contributed by atoms with E-state index in [1.54, 1.807) is 0 Å². The third-order valence-corrected chi connectivity index (χ3v) is 4.16. The smallest absolute Gasteiger partial charge is 0.164 e. The van der Waals surface area contributed by atoms with E-state index < -0.39 is 0 Å². The molecular formula is C16H28O2Si. The molecule has 0 saturated heterocycles. The average molecular weight is 280 g/mol. The van der Waals surface area contributed by atoms with Crippen molar-refractivity contribution in [1.82, 2.24) is 0 Å². The molecule has 0 N–H and O–H groups in total. The van der Waals surface area contributed by atoms with Crippen LogP contribution in [0.2, 0.25) is 0 Å². The number of unbranched alkanes of at least 4 members (excludes halogenated alkanes) is 2. The molecule has 0 radical (unpaired) electrons. The maximum atomic E-state index is 6.00. The summed E-state index contributed by atoms with van der Waals surface area (Å²) >= 11 is 0. The predicted octanol–water partition coefficient (Wildman–Crippen LogP) is 2.65. The molecule has 108 valence electrons. The third kappa shape index (κ3) is 4.57. The molecule has 1 aromatic carbocycles. The van der Waals surface area contributed by atoms with Gasteiger partial charge in [-0.05, 0) is 43.0 Å². The highest BCUT2D eigenvalue weighted by atomic mass is 28.1. The van der Waals surface area contributed by atoms with E-state index in [2.05, 4.69) is 33.8 Å². The first-order chi connectivity index (χ1) is 9.11. The van der Waals surface area contributed by atoms with Gasteiger partial charge in [-0.25, -0.2) is 0 Å². The molecule has 0 aliphatic carbocycles. The van der Waals surface area contributed by atoms with Crippen LogP contribution in [0.4, 0.5) is 0 Å². The van der Waals surface area contributed by atoms with Gasteiger partial charge in [-0.15, -0.1) is 0 Å². The Morgan fingerprint density at radius 1 is 0.947 bits per heavy atom. The van der Waals surface area contributed by atoms with Crippen LogP contribution in [0.1, 0.15) is 50.7 Å². The summed E-state index contributed by atoms with van der Waals surface area (Å²) in [5, 5.41) is 1.31. The molecule has 0 saturated carbocycles. The molecular weight excluding hydrogens is 252 g/mol. The molecule has 0 aliphatic heterocycles. The third-order valence-electron chi connectivity index (χ3n) is 3.42. The van der Waals surface area contributed by atoms with Crippen LogP contribution in [0.3, 0.4) is 0 Å². The summed E-state index contributed by atoms with van der Waals surface area (Å²) in [5.41, 5.74) is 2.53. The minimum atomic E-state index is 0.784. The Hall–Kier alpha value is -0.963. The lowest BCUT2D eigenvalue weighted by atomic mass is 10.1. The second kappa shape index (κ2) is 8.26. The Kier molecular flexibility index (Phi) is 6.99. The van der Waals surface area contributed by atoms with E-state index in [1.165, 1.54) is 16.3 Å². The number of ether oxygens (including phenoxy) is 2. The van der Waals surface area contributed by atoms with E-state index in [1.807, 2.05) is 0 Å². The quantitative estimate of drug-likeness (QED) is 0.538. The molecule has 0 unspecified atom stereocenters. The molecule has 19 heavy (non-hydrogen) atoms. The van der Waals surface area contributed by atoms with Crippen LogP contribution in [-0.2, 0) is 0 Å². The summed E-state index contributed by atoms with van der Waals surface area (Å²) in [5.74, 6) is 1.98. The van der Waals surface area contributed by atoms with Gasteiger partial charge in [-0.1, -0.05) is 32.8 Å². The Morgan fingerprint density at radius 2 is 1.47 bits per heavy atom. The number of hydrogen-bond donors (Lipinski definition) is 0. The van der Waals surface area contributed by atoms with Gasteiger partial charge in [0.1, 0.15) is 0 Å². The molecule has 3 heteroatoms. The van der Waals surface area contributed by atoms with E-state index >= 15 is 0 Å². The van der Waals surface area contributed by atoms with Crippen molar-refractivity contribution in [3.8, 4) is 11.5 Å². The van der Waals surface area contributed by atoms with Crippen LogP contribution in [0.5, 0.6) is 11.5 Å². The highest BCUT2D eigenvalue weighted by Gasteiger charge is 2.14. The normalized spacial score (nSPS) is 10.7. The Morgan fingerprint density at radius 3 is 2.00 bits per heavy atom. The average Bonchev–Trinajstić information content (AvgIpc) is 2.38. The van der Waals surface area contributed by atoms with Gasteiger partial charge in [0.2, 0.25) is 0 Å². The number of aryl methyl sites for hydroxylation is 1. The number of benzene rings is 1. The number of rotatable bonds is 8. The van der Waals surface area contributed by atoms with Gasteiger partial charge >= 0.3 is 0 Å². The number of hydrogen-bond acceptors (Lipinski definition) is 2. The van der Waals surface area contributed by atoms with Crippen LogP contribution >= 0.6 is 0 Å². The summed E-state index contributed by atoms with van der Waals surface area (Å²) in [7, 11) is 0.993. The Bertz CT molecular complexity index is 402. The molecule has 0 atom stereocenters. The summed E-state index contributed by atoms with van der Waals surface area (Å²) < 4.78 is 12.0. The molecule has 0 bridgehead atoms. The fraction of sp³-hybridized carbons (Fsp3) is 0.625. The zero-order chi connectivity index (χ0) is 14.3. The second-order valence-electron chi connectivity index (χ2n) is 5.20. The molecule has 1 rings (SSSR count). The van der Waals surface area contributed by atoms with Crippen molar-refractivity contribution in [2.24, 2.45) is 0 Å². The first-order valence-corrected chi connectivity index (χ1v) is 8.48. The highest BCUT2D eigenvalue weighted by Crippen LogP contribution is 2.31. The first-order valence-electron chi connectivity index (χ1n) is 7.48. The molecule has 0 amide bonds. The molecule has 0 aromatic heterocycles. The van der Waals surface area contributed by atoms with Crippen LogP contribution in [0.25, 0.3) is 0 Å². The summed E-state index contributed by atoms with van der Waals surface area (Å²) in [4.78, 5) is 0. The topological polar surface area (TPSA) is 18.5 Å². The Balaban J connectivity index is 2.93. The van der Waals surface area contributed by atoms with E-state index in [9.17, 15) is 0 Å². The molecule has 0 spiro atoms. The minimum absolute atomic E-state index is 0.784. The first kappa shape index (κ1) is 16.1. The van der Waals surface area contributed by atoms with Crippen LogP contribution in [-0.4, -0.2) is 23.5 Å². The SMILES string of the molecule is CCCCOc1c([SiH3])cc(C)c(C)c1OCCCC. The van der Waals surface area contributed by atoms with Crippen LogP contribution in [0.15, 0.2) is 6.07 Å². The largest absolute Gasteiger partial charge is 0.490 e. The van der Waals surface area contributed by atoms with Crippen molar-refractivity contribution in [2.45, 2.75) is 53.4 Å². The maximum Gasteiger partial charge on any atom is 0.164 e. The van der Waals surface area contributed by atoms with Gasteiger partial charge in [0.15, 0.2) is 11.5 Å². The standard InChI is InChI=1S/C16H28O2Si/c1-5-7-9-17-15-13(4)12(3)11-14(19)16(15)18-10-8-6-2/h11H,5-10H2,1-4,19H3. The predicted molar refractivity (Wildman–Crippen MR) is 86.3 cm³/mol. The Labute approximate surface area is 120 Å². The van der Waals surface area contributed by atoms with Gasteiger partial charge in [-0.2, -0.15) is 0 Å². The van der Waals surface area contributed by atoms with Crippen molar-refractivity contribution in [3.05, 3.63) is 17.2 Å². The summed E-state index contributed by atoms with van der Waals surface area (Å²) in [6, 6.07) is 2.25. The van der Waals surface area contributed by atoms with Gasteiger partial charge in [-0.3, -0.25) is 0 Å². The summed E-state index contributed by atoms with van der Waals surface area (Å²) in [6.07, 6.45) is 4.51. The van der Waals surface area contributed by atoms with Crippen molar-refractivity contribution in [2.75, 3.05) is 13.2 Å². The summed E-state index contributed by atoms with van der Waals surface area (Å²) in [6.45, 7) is 10.2. The monoisotopic (exact) mass is 280 g/mol. The lowest BCUT2D eigenvalue weighted by Gasteiger charge is -2.19. The van der Waals surface area contributed by atoms with Gasteiger partial charge in [0.05, 0.1) is 13.2 Å². The maximum absolute atomic E-state index is 6.00. The molecule has 2 nitrogen and oxygen atoms in total. The molecule has 0 fully saturated rings. The fourth-order valence-corrected chi connectivity index (χ4v) is 2.82. The zero-order valence-corrected chi connectivity index (χ0v) is 15.1. The van der Waals surface area contributed by atoms with Gasteiger partial charge in [0.25, 0.3) is 0 Å². The lowest BCUT2D eigenvalue weighted by molar-refractivity contribution is 0.262. The van der Waals surface area contributed by atoms with E-state index in [0.717, 1.165) is 60.6 Å². The zero-order valence-electron chi connectivity index (χ0n) is 13.1. The second-order valence-corrected chi connectivity index (χ2v) is 6.27. The van der Waals surface area contributed by atoms with Gasteiger partial charge < -0.3 is 9.47 Å².